The van der Waals surface area contributed by atoms with Crippen LogP contribution in [0.2, 0.25) is 0 Å². The zero-order valence-corrected chi connectivity index (χ0v) is 11.5. The summed E-state index contributed by atoms with van der Waals surface area (Å²) in [6.07, 6.45) is 3.99. The fourth-order valence-electron chi connectivity index (χ4n) is 1.33. The largest absolute Gasteiger partial charge is 0.324 e. The Labute approximate surface area is 106 Å². The van der Waals surface area contributed by atoms with Crippen molar-refractivity contribution >= 4 is 28.3 Å². The van der Waals surface area contributed by atoms with E-state index in [1.807, 2.05) is 12.1 Å². The van der Waals surface area contributed by atoms with E-state index >= 15 is 0 Å². The van der Waals surface area contributed by atoms with E-state index in [0.717, 1.165) is 16.6 Å². The minimum Gasteiger partial charge on any atom is -0.324 e. The van der Waals surface area contributed by atoms with Gasteiger partial charge in [-0.3, -0.25) is 0 Å². The second-order valence-electron chi connectivity index (χ2n) is 3.99. The quantitative estimate of drug-likeness (QED) is 0.860. The van der Waals surface area contributed by atoms with Crippen molar-refractivity contribution < 1.29 is 0 Å². The SMILES string of the molecule is CC(C)CC[C@@H](N)c1ccnc(Br)c1.Cl. The standard InChI is InChI=1S/C11H17BrN2.ClH/c1-8(2)3-4-10(13)9-5-6-14-11(12)7-9;/h5-8,10H,3-4,13H2,1-2H3;1H/t10-;/m1./s1. The van der Waals surface area contributed by atoms with Gasteiger partial charge >= 0.3 is 0 Å². The first kappa shape index (κ1) is 14.9. The maximum atomic E-state index is 6.06. The van der Waals surface area contributed by atoms with E-state index in [2.05, 4.69) is 34.8 Å². The number of hydrogen-bond acceptors (Lipinski definition) is 2. The van der Waals surface area contributed by atoms with Crippen LogP contribution >= 0.6 is 28.3 Å². The molecule has 0 fully saturated rings. The Bertz CT molecular complexity index is 292. The van der Waals surface area contributed by atoms with Crippen molar-refractivity contribution in [3.63, 3.8) is 0 Å². The molecule has 4 heteroatoms. The van der Waals surface area contributed by atoms with Crippen LogP contribution in [0.3, 0.4) is 0 Å². The number of pyridine rings is 1. The van der Waals surface area contributed by atoms with Crippen LogP contribution in [-0.4, -0.2) is 4.98 Å². The van der Waals surface area contributed by atoms with E-state index in [0.29, 0.717) is 5.92 Å². The highest BCUT2D eigenvalue weighted by Crippen LogP contribution is 2.20. The molecule has 0 spiro atoms. The molecule has 1 aromatic heterocycles. The lowest BCUT2D eigenvalue weighted by atomic mass is 9.99. The van der Waals surface area contributed by atoms with Gasteiger partial charge in [0.2, 0.25) is 0 Å². The first-order valence-corrected chi connectivity index (χ1v) is 5.76. The van der Waals surface area contributed by atoms with Crippen LogP contribution in [-0.2, 0) is 0 Å². The van der Waals surface area contributed by atoms with Gasteiger partial charge in [0.15, 0.2) is 0 Å². The molecule has 0 aliphatic heterocycles. The summed E-state index contributed by atoms with van der Waals surface area (Å²) in [5, 5.41) is 0. The molecule has 0 bridgehead atoms. The lowest BCUT2D eigenvalue weighted by molar-refractivity contribution is 0.507. The second kappa shape index (κ2) is 7.20. The van der Waals surface area contributed by atoms with Crippen molar-refractivity contribution in [1.82, 2.24) is 4.98 Å². The topological polar surface area (TPSA) is 38.9 Å². The highest BCUT2D eigenvalue weighted by atomic mass is 79.9. The minimum atomic E-state index is 0. The monoisotopic (exact) mass is 292 g/mol. The molecule has 1 atom stereocenters. The summed E-state index contributed by atoms with van der Waals surface area (Å²) in [5.74, 6) is 0.714. The number of nitrogens with zero attached hydrogens (tertiary/aromatic N) is 1. The molecule has 2 N–H and O–H groups in total. The summed E-state index contributed by atoms with van der Waals surface area (Å²) in [4.78, 5) is 4.08. The van der Waals surface area contributed by atoms with Gasteiger partial charge in [0.25, 0.3) is 0 Å². The zero-order chi connectivity index (χ0) is 10.6. The number of aromatic nitrogens is 1. The van der Waals surface area contributed by atoms with Gasteiger partial charge < -0.3 is 5.73 Å². The van der Waals surface area contributed by atoms with Crippen molar-refractivity contribution in [2.45, 2.75) is 32.7 Å². The van der Waals surface area contributed by atoms with E-state index in [4.69, 9.17) is 5.73 Å². The summed E-state index contributed by atoms with van der Waals surface area (Å²) in [6, 6.07) is 4.11. The molecule has 1 rings (SSSR count). The molecule has 1 aromatic rings. The maximum Gasteiger partial charge on any atom is 0.106 e. The van der Waals surface area contributed by atoms with Gasteiger partial charge in [-0.25, -0.2) is 4.98 Å². The third kappa shape index (κ3) is 5.50. The summed E-state index contributed by atoms with van der Waals surface area (Å²) >= 11 is 3.34. The van der Waals surface area contributed by atoms with Crippen molar-refractivity contribution in [2.75, 3.05) is 0 Å². The number of halogens is 2. The molecule has 0 radical (unpaired) electrons. The van der Waals surface area contributed by atoms with Gasteiger partial charge in [-0.15, -0.1) is 12.4 Å². The number of nitrogens with two attached hydrogens (primary N) is 1. The minimum absolute atomic E-state index is 0. The smallest absolute Gasteiger partial charge is 0.106 e. The highest BCUT2D eigenvalue weighted by Gasteiger charge is 2.07. The molecule has 86 valence electrons. The molecule has 0 saturated carbocycles. The van der Waals surface area contributed by atoms with Crippen LogP contribution in [0.25, 0.3) is 0 Å². The molecule has 0 aromatic carbocycles. The summed E-state index contributed by atoms with van der Waals surface area (Å²) < 4.78 is 0.856. The van der Waals surface area contributed by atoms with Gasteiger partial charge in [0, 0.05) is 12.2 Å². The maximum absolute atomic E-state index is 6.06. The molecule has 0 saturated heterocycles. The van der Waals surface area contributed by atoms with E-state index in [1.165, 1.54) is 6.42 Å². The molecular formula is C11H18BrClN2. The lowest BCUT2D eigenvalue weighted by Gasteiger charge is -2.13. The van der Waals surface area contributed by atoms with Crippen LogP contribution in [0.5, 0.6) is 0 Å². The predicted molar refractivity (Wildman–Crippen MR) is 70.2 cm³/mol. The van der Waals surface area contributed by atoms with Crippen LogP contribution in [0.4, 0.5) is 0 Å². The highest BCUT2D eigenvalue weighted by molar-refractivity contribution is 9.10. The first-order valence-electron chi connectivity index (χ1n) is 4.96. The van der Waals surface area contributed by atoms with Crippen LogP contribution < -0.4 is 5.73 Å². The van der Waals surface area contributed by atoms with E-state index in [9.17, 15) is 0 Å². The molecule has 0 aliphatic carbocycles. The van der Waals surface area contributed by atoms with Crippen LogP contribution in [0.15, 0.2) is 22.9 Å². The van der Waals surface area contributed by atoms with Crippen LogP contribution in [0.1, 0.15) is 38.3 Å². The summed E-state index contributed by atoms with van der Waals surface area (Å²) in [6.45, 7) is 4.43. The van der Waals surface area contributed by atoms with Crippen molar-refractivity contribution in [3.8, 4) is 0 Å². The van der Waals surface area contributed by atoms with E-state index < -0.39 is 0 Å². The van der Waals surface area contributed by atoms with Gasteiger partial charge in [0.1, 0.15) is 4.60 Å². The molecule has 1 heterocycles. The van der Waals surface area contributed by atoms with E-state index in [-0.39, 0.29) is 18.4 Å². The van der Waals surface area contributed by atoms with Gasteiger partial charge in [-0.05, 0) is 52.4 Å². The first-order chi connectivity index (χ1) is 6.59. The Morgan fingerprint density at radius 1 is 1.40 bits per heavy atom. The molecule has 2 nitrogen and oxygen atoms in total. The van der Waals surface area contributed by atoms with Crippen molar-refractivity contribution in [1.29, 1.82) is 0 Å². The fourth-order valence-corrected chi connectivity index (χ4v) is 1.71. The van der Waals surface area contributed by atoms with Crippen molar-refractivity contribution in [2.24, 2.45) is 11.7 Å². The fraction of sp³-hybridized carbons (Fsp3) is 0.545. The Kier molecular flexibility index (Phi) is 7.14. The van der Waals surface area contributed by atoms with E-state index in [1.54, 1.807) is 6.20 Å². The average molecular weight is 294 g/mol. The summed E-state index contributed by atoms with van der Waals surface area (Å²) in [5.41, 5.74) is 7.22. The van der Waals surface area contributed by atoms with Gasteiger partial charge in [-0.2, -0.15) is 0 Å². The zero-order valence-electron chi connectivity index (χ0n) is 9.11. The Morgan fingerprint density at radius 2 is 2.07 bits per heavy atom. The average Bonchev–Trinajstić information content (AvgIpc) is 2.14. The van der Waals surface area contributed by atoms with Gasteiger partial charge in [0.05, 0.1) is 0 Å². The molecule has 0 unspecified atom stereocenters. The summed E-state index contributed by atoms with van der Waals surface area (Å²) in [7, 11) is 0. The molecule has 0 amide bonds. The number of hydrogen-bond donors (Lipinski definition) is 1. The van der Waals surface area contributed by atoms with Crippen molar-refractivity contribution in [3.05, 3.63) is 28.5 Å². The third-order valence-electron chi connectivity index (χ3n) is 2.23. The molecule has 15 heavy (non-hydrogen) atoms. The Morgan fingerprint density at radius 3 is 2.60 bits per heavy atom. The number of rotatable bonds is 4. The van der Waals surface area contributed by atoms with Crippen LogP contribution in [0, 0.1) is 5.92 Å². The normalized spacial score (nSPS) is 12.3. The second-order valence-corrected chi connectivity index (χ2v) is 4.80. The third-order valence-corrected chi connectivity index (χ3v) is 2.67. The molecular weight excluding hydrogens is 275 g/mol. The lowest BCUT2D eigenvalue weighted by Crippen LogP contribution is -2.11. The molecule has 0 aliphatic rings. The predicted octanol–water partition coefficient (Wildman–Crippen LogP) is 3.70. The van der Waals surface area contributed by atoms with Gasteiger partial charge in [-0.1, -0.05) is 13.8 Å². The Balaban J connectivity index is 0.00000196. The Hall–Kier alpha value is -0.120.